The monoisotopic (exact) mass is 291 g/mol. The first-order chi connectivity index (χ1) is 9.52. The minimum Gasteiger partial charge on any atom is -0.305 e. The van der Waals surface area contributed by atoms with E-state index in [9.17, 15) is 0 Å². The van der Waals surface area contributed by atoms with Gasteiger partial charge in [-0.1, -0.05) is 41.4 Å². The van der Waals surface area contributed by atoms with E-state index in [0.717, 1.165) is 29.5 Å². The normalized spacial score (nSPS) is 12.7. The van der Waals surface area contributed by atoms with Crippen LogP contribution in [0.4, 0.5) is 0 Å². The first-order valence-electron chi connectivity index (χ1n) is 7.04. The zero-order valence-electron chi connectivity index (χ0n) is 12.6. The van der Waals surface area contributed by atoms with E-state index in [-0.39, 0.29) is 6.04 Å². The second-order valence-electron chi connectivity index (χ2n) is 5.18. The first kappa shape index (κ1) is 15.1. The molecule has 0 bridgehead atoms. The summed E-state index contributed by atoms with van der Waals surface area (Å²) >= 11 is 6.32. The number of halogens is 1. The van der Waals surface area contributed by atoms with Gasteiger partial charge in [-0.05, 0) is 33.3 Å². The summed E-state index contributed by atoms with van der Waals surface area (Å²) < 4.78 is 1.96. The lowest BCUT2D eigenvalue weighted by Crippen LogP contribution is -2.20. The molecule has 1 aromatic heterocycles. The maximum atomic E-state index is 6.32. The molecule has 0 aliphatic carbocycles. The Hall–Kier alpha value is -1.32. The lowest BCUT2D eigenvalue weighted by molar-refractivity contribution is 0.531. The maximum absolute atomic E-state index is 6.32. The van der Waals surface area contributed by atoms with Crippen molar-refractivity contribution in [1.82, 2.24) is 15.1 Å². The van der Waals surface area contributed by atoms with Gasteiger partial charge in [0, 0.05) is 19.1 Å². The number of nitrogens with one attached hydrogen (secondary N) is 1. The molecule has 0 aliphatic rings. The number of rotatable bonds is 5. The summed E-state index contributed by atoms with van der Waals surface area (Å²) in [6.07, 6.45) is 0. The van der Waals surface area contributed by atoms with Crippen molar-refractivity contribution in [1.29, 1.82) is 0 Å². The fourth-order valence-electron chi connectivity index (χ4n) is 2.26. The van der Waals surface area contributed by atoms with Gasteiger partial charge in [-0.2, -0.15) is 5.10 Å². The summed E-state index contributed by atoms with van der Waals surface area (Å²) in [6.45, 7) is 9.85. The molecule has 4 heteroatoms. The Balaban J connectivity index is 2.07. The summed E-state index contributed by atoms with van der Waals surface area (Å²) in [4.78, 5) is 0. The van der Waals surface area contributed by atoms with Crippen LogP contribution in [0.3, 0.4) is 0 Å². The molecule has 0 saturated carbocycles. The molecule has 0 unspecified atom stereocenters. The van der Waals surface area contributed by atoms with Gasteiger partial charge < -0.3 is 5.32 Å². The SMILES string of the molecule is CCn1nc(C)c(Cl)c1CN[C@@H](C)c1ccc(C)cc1. The van der Waals surface area contributed by atoms with Crippen molar-refractivity contribution in [3.05, 3.63) is 51.8 Å². The van der Waals surface area contributed by atoms with Gasteiger partial charge in [0.1, 0.15) is 0 Å². The van der Waals surface area contributed by atoms with Crippen LogP contribution in [0.1, 0.15) is 42.4 Å². The number of hydrogen-bond acceptors (Lipinski definition) is 2. The van der Waals surface area contributed by atoms with Gasteiger partial charge >= 0.3 is 0 Å². The third kappa shape index (κ3) is 3.22. The largest absolute Gasteiger partial charge is 0.305 e. The van der Waals surface area contributed by atoms with Crippen LogP contribution < -0.4 is 5.32 Å². The molecule has 20 heavy (non-hydrogen) atoms. The predicted molar refractivity (Wildman–Crippen MR) is 84.1 cm³/mol. The summed E-state index contributed by atoms with van der Waals surface area (Å²) in [6, 6.07) is 8.89. The molecule has 0 amide bonds. The molecular formula is C16H22ClN3. The Labute approximate surface area is 126 Å². The lowest BCUT2D eigenvalue weighted by atomic mass is 10.1. The average molecular weight is 292 g/mol. The molecule has 0 spiro atoms. The fourth-order valence-corrected chi connectivity index (χ4v) is 2.46. The van der Waals surface area contributed by atoms with Crippen LogP contribution in [0.2, 0.25) is 5.02 Å². The van der Waals surface area contributed by atoms with E-state index in [2.05, 4.69) is 55.5 Å². The Morgan fingerprint density at radius 3 is 2.50 bits per heavy atom. The second-order valence-corrected chi connectivity index (χ2v) is 5.55. The number of benzene rings is 1. The van der Waals surface area contributed by atoms with Crippen molar-refractivity contribution in [2.24, 2.45) is 0 Å². The molecule has 0 radical (unpaired) electrons. The highest BCUT2D eigenvalue weighted by atomic mass is 35.5. The van der Waals surface area contributed by atoms with Crippen LogP contribution >= 0.6 is 11.6 Å². The molecule has 3 nitrogen and oxygen atoms in total. The third-order valence-corrected chi connectivity index (χ3v) is 4.10. The van der Waals surface area contributed by atoms with Gasteiger partial charge in [0.2, 0.25) is 0 Å². The van der Waals surface area contributed by atoms with Crippen molar-refractivity contribution in [3.63, 3.8) is 0 Å². The summed E-state index contributed by atoms with van der Waals surface area (Å²) in [7, 11) is 0. The standard InChI is InChI=1S/C16H22ClN3/c1-5-20-15(16(17)13(4)19-20)10-18-12(3)14-8-6-11(2)7-9-14/h6-9,12,18H,5,10H2,1-4H3/t12-/m0/s1. The molecule has 2 aromatic rings. The average Bonchev–Trinajstić information content (AvgIpc) is 2.72. The molecular weight excluding hydrogens is 270 g/mol. The van der Waals surface area contributed by atoms with Crippen LogP contribution in [0.15, 0.2) is 24.3 Å². The molecule has 2 rings (SSSR count). The number of aryl methyl sites for hydroxylation is 3. The van der Waals surface area contributed by atoms with E-state index in [4.69, 9.17) is 11.6 Å². The topological polar surface area (TPSA) is 29.9 Å². The fraction of sp³-hybridized carbons (Fsp3) is 0.438. The van der Waals surface area contributed by atoms with E-state index in [1.165, 1.54) is 11.1 Å². The zero-order chi connectivity index (χ0) is 14.7. The molecule has 1 N–H and O–H groups in total. The van der Waals surface area contributed by atoms with Gasteiger partial charge in [0.05, 0.1) is 16.4 Å². The molecule has 1 atom stereocenters. The van der Waals surface area contributed by atoms with Crippen molar-refractivity contribution < 1.29 is 0 Å². The molecule has 1 aromatic carbocycles. The van der Waals surface area contributed by atoms with E-state index < -0.39 is 0 Å². The smallest absolute Gasteiger partial charge is 0.0860 e. The lowest BCUT2D eigenvalue weighted by Gasteiger charge is -2.15. The van der Waals surface area contributed by atoms with Gasteiger partial charge in [0.25, 0.3) is 0 Å². The van der Waals surface area contributed by atoms with E-state index in [1.54, 1.807) is 0 Å². The summed E-state index contributed by atoms with van der Waals surface area (Å²) in [5.74, 6) is 0. The van der Waals surface area contributed by atoms with Crippen LogP contribution in [0.25, 0.3) is 0 Å². The Morgan fingerprint density at radius 2 is 1.90 bits per heavy atom. The molecule has 0 fully saturated rings. The maximum Gasteiger partial charge on any atom is 0.0860 e. The van der Waals surface area contributed by atoms with Crippen LogP contribution in [-0.4, -0.2) is 9.78 Å². The highest BCUT2D eigenvalue weighted by Gasteiger charge is 2.13. The summed E-state index contributed by atoms with van der Waals surface area (Å²) in [5, 5.41) is 8.73. The predicted octanol–water partition coefficient (Wildman–Crippen LogP) is 4.02. The van der Waals surface area contributed by atoms with Gasteiger partial charge in [-0.3, -0.25) is 4.68 Å². The van der Waals surface area contributed by atoms with Gasteiger partial charge in [0.15, 0.2) is 0 Å². The first-order valence-corrected chi connectivity index (χ1v) is 7.42. The van der Waals surface area contributed by atoms with Crippen molar-refractivity contribution in [2.45, 2.75) is 46.8 Å². The van der Waals surface area contributed by atoms with Crippen molar-refractivity contribution in [2.75, 3.05) is 0 Å². The molecule has 108 valence electrons. The van der Waals surface area contributed by atoms with E-state index in [1.807, 2.05) is 11.6 Å². The number of aromatic nitrogens is 2. The van der Waals surface area contributed by atoms with Crippen LogP contribution in [-0.2, 0) is 13.1 Å². The molecule has 0 saturated heterocycles. The second kappa shape index (κ2) is 6.42. The van der Waals surface area contributed by atoms with Gasteiger partial charge in [-0.15, -0.1) is 0 Å². The summed E-state index contributed by atoms with van der Waals surface area (Å²) in [5.41, 5.74) is 4.52. The van der Waals surface area contributed by atoms with Crippen LogP contribution in [0, 0.1) is 13.8 Å². The quantitative estimate of drug-likeness (QED) is 0.901. The number of hydrogen-bond donors (Lipinski definition) is 1. The number of nitrogens with zero attached hydrogens (tertiary/aromatic N) is 2. The zero-order valence-corrected chi connectivity index (χ0v) is 13.3. The minimum atomic E-state index is 0.284. The van der Waals surface area contributed by atoms with Crippen molar-refractivity contribution in [3.8, 4) is 0 Å². The van der Waals surface area contributed by atoms with E-state index >= 15 is 0 Å². The van der Waals surface area contributed by atoms with Crippen LogP contribution in [0.5, 0.6) is 0 Å². The Kier molecular flexibility index (Phi) is 4.84. The molecule has 0 aliphatic heterocycles. The van der Waals surface area contributed by atoms with Crippen molar-refractivity contribution >= 4 is 11.6 Å². The third-order valence-electron chi connectivity index (χ3n) is 3.61. The Bertz CT molecular complexity index is 572. The highest BCUT2D eigenvalue weighted by Crippen LogP contribution is 2.21. The highest BCUT2D eigenvalue weighted by molar-refractivity contribution is 6.31. The minimum absolute atomic E-state index is 0.284. The Morgan fingerprint density at radius 1 is 1.25 bits per heavy atom. The van der Waals surface area contributed by atoms with E-state index in [0.29, 0.717) is 0 Å². The molecule has 1 heterocycles. The van der Waals surface area contributed by atoms with Gasteiger partial charge in [-0.25, -0.2) is 0 Å².